The number of phenols is 1. The summed E-state index contributed by atoms with van der Waals surface area (Å²) in [6.45, 7) is 2.93. The molecule has 2 fully saturated rings. The first kappa shape index (κ1) is 30.0. The lowest BCUT2D eigenvalue weighted by molar-refractivity contribution is 0.0962. The van der Waals surface area contributed by atoms with Gasteiger partial charge >= 0.3 is 0 Å². The van der Waals surface area contributed by atoms with Gasteiger partial charge < -0.3 is 10.0 Å². The van der Waals surface area contributed by atoms with Crippen LogP contribution < -0.4 is 4.90 Å². The van der Waals surface area contributed by atoms with Crippen molar-refractivity contribution in [3.63, 3.8) is 0 Å². The number of carbonyl (C=O) groups is 1. The summed E-state index contributed by atoms with van der Waals surface area (Å²) in [6.07, 6.45) is 5.30. The van der Waals surface area contributed by atoms with Crippen molar-refractivity contribution in [2.75, 3.05) is 31.1 Å². The van der Waals surface area contributed by atoms with E-state index in [0.717, 1.165) is 72.5 Å². The van der Waals surface area contributed by atoms with E-state index in [1.165, 1.54) is 12.8 Å². The molecule has 4 aromatic rings. The quantitative estimate of drug-likeness (QED) is 0.196. The van der Waals surface area contributed by atoms with E-state index in [-0.39, 0.29) is 17.6 Å². The summed E-state index contributed by atoms with van der Waals surface area (Å²) in [7, 11) is 0. The first-order chi connectivity index (χ1) is 20.9. The fourth-order valence-corrected chi connectivity index (χ4v) is 7.32. The molecule has 43 heavy (non-hydrogen) atoms. The van der Waals surface area contributed by atoms with Gasteiger partial charge in [-0.3, -0.25) is 9.69 Å². The molecule has 1 aliphatic carbocycles. The molecule has 4 nitrogen and oxygen atoms in total. The molecule has 1 saturated carbocycles. The van der Waals surface area contributed by atoms with E-state index in [0.29, 0.717) is 27.4 Å². The first-order valence-corrected chi connectivity index (χ1v) is 16.2. The molecule has 1 heterocycles. The van der Waals surface area contributed by atoms with E-state index in [2.05, 4.69) is 15.9 Å². The Hall–Kier alpha value is -3.02. The van der Waals surface area contributed by atoms with E-state index < -0.39 is 0 Å². The van der Waals surface area contributed by atoms with Crippen LogP contribution in [0.4, 0.5) is 5.69 Å². The van der Waals surface area contributed by atoms with E-state index in [4.69, 9.17) is 34.8 Å². The summed E-state index contributed by atoms with van der Waals surface area (Å²) in [6, 6.07) is 26.9. The van der Waals surface area contributed by atoms with Crippen LogP contribution in [0.5, 0.6) is 5.75 Å². The van der Waals surface area contributed by atoms with Crippen molar-refractivity contribution >= 4 is 46.3 Å². The molecule has 0 spiro atoms. The molecule has 1 unspecified atom stereocenters. The largest absolute Gasteiger partial charge is 0.508 e. The van der Waals surface area contributed by atoms with Gasteiger partial charge in [0.25, 0.3) is 0 Å². The van der Waals surface area contributed by atoms with Crippen LogP contribution in [0.1, 0.15) is 59.6 Å². The SMILES string of the molecule is O=C(CC1CCCC1)c1cccc(C(c2cc(-c3ccccc3Cl)ccc2O)N2CCN(c3cccc(Cl)c3Cl)CC2)c1. The first-order valence-electron chi connectivity index (χ1n) is 15.0. The topological polar surface area (TPSA) is 43.8 Å². The van der Waals surface area contributed by atoms with Crippen molar-refractivity contribution in [2.24, 2.45) is 5.92 Å². The Labute approximate surface area is 268 Å². The van der Waals surface area contributed by atoms with Crippen molar-refractivity contribution in [2.45, 2.75) is 38.1 Å². The molecule has 0 bridgehead atoms. The maximum atomic E-state index is 13.4. The Morgan fingerprint density at radius 3 is 2.30 bits per heavy atom. The lowest BCUT2D eigenvalue weighted by Gasteiger charge is -2.41. The molecule has 4 aromatic carbocycles. The minimum Gasteiger partial charge on any atom is -0.508 e. The monoisotopic (exact) mass is 632 g/mol. The molecule has 0 amide bonds. The number of carbonyl (C=O) groups excluding carboxylic acids is 1. The summed E-state index contributed by atoms with van der Waals surface area (Å²) in [5.41, 5.74) is 5.27. The van der Waals surface area contributed by atoms with Crippen molar-refractivity contribution in [3.05, 3.63) is 117 Å². The van der Waals surface area contributed by atoms with Gasteiger partial charge in [-0.1, -0.05) is 109 Å². The number of hydrogen-bond donors (Lipinski definition) is 1. The molecule has 1 N–H and O–H groups in total. The number of halogens is 3. The predicted molar refractivity (Wildman–Crippen MR) is 178 cm³/mol. The fraction of sp³-hybridized carbons (Fsp3) is 0.306. The molecule has 1 aliphatic heterocycles. The fourth-order valence-electron chi connectivity index (χ4n) is 6.66. The second-order valence-electron chi connectivity index (χ2n) is 11.7. The average molecular weight is 634 g/mol. The normalized spacial score (nSPS) is 16.9. The molecular weight excluding hydrogens is 599 g/mol. The van der Waals surface area contributed by atoms with Gasteiger partial charge in [-0.15, -0.1) is 0 Å². The summed E-state index contributed by atoms with van der Waals surface area (Å²) >= 11 is 19.5. The van der Waals surface area contributed by atoms with Gasteiger partial charge in [-0.05, 0) is 53.4 Å². The molecule has 6 rings (SSSR count). The third kappa shape index (κ3) is 6.58. The molecule has 2 aliphatic rings. The van der Waals surface area contributed by atoms with Gasteiger partial charge in [0.2, 0.25) is 0 Å². The highest BCUT2D eigenvalue weighted by Crippen LogP contribution is 2.40. The molecule has 0 aromatic heterocycles. The highest BCUT2D eigenvalue weighted by Gasteiger charge is 2.30. The van der Waals surface area contributed by atoms with Gasteiger partial charge in [0.1, 0.15) is 5.75 Å². The van der Waals surface area contributed by atoms with Crippen molar-refractivity contribution in [1.82, 2.24) is 4.90 Å². The van der Waals surface area contributed by atoms with Gasteiger partial charge in [0, 0.05) is 54.3 Å². The van der Waals surface area contributed by atoms with E-state index in [1.807, 2.05) is 66.7 Å². The average Bonchev–Trinajstić information content (AvgIpc) is 3.54. The highest BCUT2D eigenvalue weighted by molar-refractivity contribution is 6.43. The number of anilines is 1. The smallest absolute Gasteiger partial charge is 0.163 e. The number of Topliss-reactive ketones (excluding diaryl/α,β-unsaturated/α-hetero) is 1. The van der Waals surface area contributed by atoms with Crippen LogP contribution in [0.3, 0.4) is 0 Å². The number of benzene rings is 4. The number of ketones is 1. The van der Waals surface area contributed by atoms with E-state index in [9.17, 15) is 9.90 Å². The van der Waals surface area contributed by atoms with Crippen LogP contribution in [0.2, 0.25) is 15.1 Å². The van der Waals surface area contributed by atoms with E-state index >= 15 is 0 Å². The lowest BCUT2D eigenvalue weighted by Crippen LogP contribution is -2.48. The zero-order valence-corrected chi connectivity index (χ0v) is 26.3. The lowest BCUT2D eigenvalue weighted by atomic mass is 9.90. The molecule has 222 valence electrons. The van der Waals surface area contributed by atoms with Gasteiger partial charge in [0.15, 0.2) is 5.78 Å². The van der Waals surface area contributed by atoms with E-state index in [1.54, 1.807) is 12.1 Å². The molecule has 1 saturated heterocycles. The summed E-state index contributed by atoms with van der Waals surface area (Å²) < 4.78 is 0. The third-order valence-corrected chi connectivity index (χ3v) is 10.1. The van der Waals surface area contributed by atoms with Crippen molar-refractivity contribution in [3.8, 4) is 16.9 Å². The Kier molecular flexibility index (Phi) is 9.30. The van der Waals surface area contributed by atoms with Gasteiger partial charge in [0.05, 0.1) is 21.8 Å². The summed E-state index contributed by atoms with van der Waals surface area (Å²) in [5.74, 6) is 0.889. The number of piperazine rings is 1. The highest BCUT2D eigenvalue weighted by atomic mass is 35.5. The molecule has 1 atom stereocenters. The third-order valence-electron chi connectivity index (χ3n) is 8.93. The Morgan fingerprint density at radius 2 is 1.53 bits per heavy atom. The number of phenolic OH excluding ortho intramolecular Hbond substituents is 1. The van der Waals surface area contributed by atoms with Crippen LogP contribution in [-0.2, 0) is 0 Å². The van der Waals surface area contributed by atoms with Crippen molar-refractivity contribution in [1.29, 1.82) is 0 Å². The Morgan fingerprint density at radius 1 is 0.814 bits per heavy atom. The maximum absolute atomic E-state index is 13.4. The Bertz CT molecular complexity index is 1610. The van der Waals surface area contributed by atoms with Crippen LogP contribution in [0.25, 0.3) is 11.1 Å². The van der Waals surface area contributed by atoms with Gasteiger partial charge in [-0.25, -0.2) is 0 Å². The van der Waals surface area contributed by atoms with Crippen molar-refractivity contribution < 1.29 is 9.90 Å². The molecule has 0 radical (unpaired) electrons. The standard InChI is InChI=1S/C36H35Cl3N2O2/c37-30-12-4-3-11-28(30)25-15-16-33(42)29(23-25)36(27-10-5-9-26(22-27)34(43)21-24-7-1-2-8-24)41-19-17-40(18-20-41)32-14-6-13-31(38)35(32)39/h3-6,9-16,22-24,36,42H,1-2,7-8,17-21H2. The summed E-state index contributed by atoms with van der Waals surface area (Å²) in [4.78, 5) is 18.0. The maximum Gasteiger partial charge on any atom is 0.163 e. The second kappa shape index (κ2) is 13.3. The predicted octanol–water partition coefficient (Wildman–Crippen LogP) is 9.69. The number of nitrogens with zero attached hydrogens (tertiary/aromatic N) is 2. The number of rotatable bonds is 8. The number of hydrogen-bond acceptors (Lipinski definition) is 4. The van der Waals surface area contributed by atoms with Crippen LogP contribution in [0.15, 0.2) is 84.9 Å². The van der Waals surface area contributed by atoms with Crippen LogP contribution >= 0.6 is 34.8 Å². The zero-order valence-electron chi connectivity index (χ0n) is 24.0. The second-order valence-corrected chi connectivity index (χ2v) is 12.8. The molecule has 7 heteroatoms. The molecular formula is C36H35Cl3N2O2. The van der Waals surface area contributed by atoms with Gasteiger partial charge in [-0.2, -0.15) is 0 Å². The Balaban J connectivity index is 1.36. The van der Waals surface area contributed by atoms with Crippen LogP contribution in [0, 0.1) is 5.92 Å². The minimum absolute atomic E-state index is 0.196. The zero-order chi connectivity index (χ0) is 29.9. The number of aromatic hydroxyl groups is 1. The van der Waals surface area contributed by atoms with Crippen LogP contribution in [-0.4, -0.2) is 42.0 Å². The minimum atomic E-state index is -0.265. The summed E-state index contributed by atoms with van der Waals surface area (Å²) in [5, 5.41) is 13.1.